The van der Waals surface area contributed by atoms with Gasteiger partial charge in [0.2, 0.25) is 0 Å². The fourth-order valence-corrected chi connectivity index (χ4v) is 1.61. The van der Waals surface area contributed by atoms with Crippen LogP contribution in [0, 0.1) is 6.92 Å². The van der Waals surface area contributed by atoms with Gasteiger partial charge in [0, 0.05) is 25.5 Å². The molecule has 0 amide bonds. The van der Waals surface area contributed by atoms with Crippen molar-refractivity contribution < 1.29 is 0 Å². The molecule has 0 N–H and O–H groups in total. The monoisotopic (exact) mass is 224 g/mol. The maximum absolute atomic E-state index is 5.89. The minimum Gasteiger partial charge on any atom is -0.366 e. The standard InChI is InChI=1S/C12H17ClN2/c1-5-12(15(3)4)14-11-7-6-10(13)8-9(11)2/h6-8H,5H2,1-4H3. The first-order valence-corrected chi connectivity index (χ1v) is 5.43. The average molecular weight is 225 g/mol. The van der Waals surface area contributed by atoms with Gasteiger partial charge in [-0.05, 0) is 30.7 Å². The predicted octanol–water partition coefficient (Wildman–Crippen LogP) is 3.65. The number of aliphatic imine (C=N–C) groups is 1. The lowest BCUT2D eigenvalue weighted by Gasteiger charge is -2.14. The van der Waals surface area contributed by atoms with Gasteiger partial charge in [-0.25, -0.2) is 4.99 Å². The van der Waals surface area contributed by atoms with Gasteiger partial charge in [-0.3, -0.25) is 0 Å². The number of benzene rings is 1. The molecular formula is C12H17ClN2. The molecule has 0 bridgehead atoms. The van der Waals surface area contributed by atoms with Crippen molar-refractivity contribution in [1.82, 2.24) is 4.90 Å². The molecule has 1 rings (SSSR count). The summed E-state index contributed by atoms with van der Waals surface area (Å²) < 4.78 is 0. The van der Waals surface area contributed by atoms with E-state index in [9.17, 15) is 0 Å². The van der Waals surface area contributed by atoms with Gasteiger partial charge in [-0.15, -0.1) is 0 Å². The van der Waals surface area contributed by atoms with Crippen LogP contribution in [0.4, 0.5) is 5.69 Å². The van der Waals surface area contributed by atoms with Gasteiger partial charge in [0.1, 0.15) is 5.84 Å². The predicted molar refractivity (Wildman–Crippen MR) is 67.3 cm³/mol. The Bertz CT molecular complexity index is 370. The van der Waals surface area contributed by atoms with E-state index in [1.165, 1.54) is 0 Å². The Morgan fingerprint density at radius 1 is 1.40 bits per heavy atom. The molecule has 0 radical (unpaired) electrons. The molecule has 1 aromatic rings. The molecule has 0 aliphatic heterocycles. The van der Waals surface area contributed by atoms with E-state index in [0.29, 0.717) is 0 Å². The highest BCUT2D eigenvalue weighted by atomic mass is 35.5. The fourth-order valence-electron chi connectivity index (χ4n) is 1.38. The van der Waals surface area contributed by atoms with Crippen LogP contribution in [0.2, 0.25) is 5.02 Å². The topological polar surface area (TPSA) is 15.6 Å². The summed E-state index contributed by atoms with van der Waals surface area (Å²) in [5.74, 6) is 1.07. The number of hydrogen-bond donors (Lipinski definition) is 0. The second-order valence-corrected chi connectivity index (χ2v) is 4.14. The zero-order valence-corrected chi connectivity index (χ0v) is 10.5. The van der Waals surface area contributed by atoms with Crippen LogP contribution in [0.3, 0.4) is 0 Å². The Balaban J connectivity index is 3.06. The summed E-state index contributed by atoms with van der Waals surface area (Å²) in [6.45, 7) is 4.12. The summed E-state index contributed by atoms with van der Waals surface area (Å²) in [5.41, 5.74) is 2.10. The van der Waals surface area contributed by atoms with Crippen LogP contribution < -0.4 is 0 Å². The molecule has 0 aromatic heterocycles. The number of hydrogen-bond acceptors (Lipinski definition) is 1. The lowest BCUT2D eigenvalue weighted by molar-refractivity contribution is 0.608. The number of amidine groups is 1. The van der Waals surface area contributed by atoms with E-state index in [1.54, 1.807) is 0 Å². The normalized spacial score (nSPS) is 11.7. The molecule has 0 atom stereocenters. The summed E-state index contributed by atoms with van der Waals surface area (Å²) >= 11 is 5.89. The zero-order valence-electron chi connectivity index (χ0n) is 9.71. The van der Waals surface area contributed by atoms with Crippen molar-refractivity contribution in [3.05, 3.63) is 28.8 Å². The summed E-state index contributed by atoms with van der Waals surface area (Å²) in [6, 6.07) is 5.76. The van der Waals surface area contributed by atoms with E-state index < -0.39 is 0 Å². The van der Waals surface area contributed by atoms with Crippen LogP contribution >= 0.6 is 11.6 Å². The van der Waals surface area contributed by atoms with Crippen molar-refractivity contribution in [1.29, 1.82) is 0 Å². The van der Waals surface area contributed by atoms with Gasteiger partial charge in [0.15, 0.2) is 0 Å². The van der Waals surface area contributed by atoms with Crippen molar-refractivity contribution in [2.24, 2.45) is 4.99 Å². The Morgan fingerprint density at radius 3 is 2.53 bits per heavy atom. The Labute approximate surface area is 96.6 Å². The summed E-state index contributed by atoms with van der Waals surface area (Å²) in [4.78, 5) is 6.64. The van der Waals surface area contributed by atoms with Crippen molar-refractivity contribution in [3.63, 3.8) is 0 Å². The molecular weight excluding hydrogens is 208 g/mol. The highest BCUT2D eigenvalue weighted by molar-refractivity contribution is 6.30. The lowest BCUT2D eigenvalue weighted by Crippen LogP contribution is -2.20. The minimum atomic E-state index is 0.759. The highest BCUT2D eigenvalue weighted by Crippen LogP contribution is 2.22. The largest absolute Gasteiger partial charge is 0.366 e. The van der Waals surface area contributed by atoms with Gasteiger partial charge >= 0.3 is 0 Å². The highest BCUT2D eigenvalue weighted by Gasteiger charge is 2.01. The molecule has 3 heteroatoms. The molecule has 0 saturated carbocycles. The maximum Gasteiger partial charge on any atom is 0.104 e. The number of nitrogens with zero attached hydrogens (tertiary/aromatic N) is 2. The van der Waals surface area contributed by atoms with E-state index in [4.69, 9.17) is 11.6 Å². The Hall–Kier alpha value is -1.02. The van der Waals surface area contributed by atoms with Crippen LogP contribution in [0.15, 0.2) is 23.2 Å². The van der Waals surface area contributed by atoms with E-state index >= 15 is 0 Å². The third-order valence-electron chi connectivity index (χ3n) is 2.24. The van der Waals surface area contributed by atoms with Crippen LogP contribution in [0.5, 0.6) is 0 Å². The van der Waals surface area contributed by atoms with E-state index in [1.807, 2.05) is 44.1 Å². The molecule has 2 nitrogen and oxygen atoms in total. The second-order valence-electron chi connectivity index (χ2n) is 3.71. The van der Waals surface area contributed by atoms with Crippen molar-refractivity contribution >= 4 is 23.1 Å². The first-order chi connectivity index (χ1) is 7.04. The Morgan fingerprint density at radius 2 is 2.07 bits per heavy atom. The van der Waals surface area contributed by atoms with E-state index in [-0.39, 0.29) is 0 Å². The van der Waals surface area contributed by atoms with Crippen molar-refractivity contribution in [3.8, 4) is 0 Å². The molecule has 0 aliphatic carbocycles. The van der Waals surface area contributed by atoms with Crippen LogP contribution in [-0.2, 0) is 0 Å². The SMILES string of the molecule is CCC(=Nc1ccc(Cl)cc1C)N(C)C. The molecule has 0 unspecified atom stereocenters. The molecule has 0 spiro atoms. The molecule has 0 saturated heterocycles. The van der Waals surface area contributed by atoms with Crippen LogP contribution in [0.25, 0.3) is 0 Å². The first-order valence-electron chi connectivity index (χ1n) is 5.05. The summed E-state index contributed by atoms with van der Waals surface area (Å²) in [5, 5.41) is 0.759. The first kappa shape index (κ1) is 12.1. The van der Waals surface area contributed by atoms with E-state index in [0.717, 1.165) is 28.5 Å². The number of rotatable bonds is 2. The molecule has 0 heterocycles. The number of halogens is 1. The molecule has 1 aromatic carbocycles. The van der Waals surface area contributed by atoms with Gasteiger partial charge in [0.25, 0.3) is 0 Å². The van der Waals surface area contributed by atoms with Crippen molar-refractivity contribution in [2.75, 3.05) is 14.1 Å². The smallest absolute Gasteiger partial charge is 0.104 e. The lowest BCUT2D eigenvalue weighted by atomic mass is 10.2. The second kappa shape index (κ2) is 5.17. The van der Waals surface area contributed by atoms with Crippen LogP contribution in [-0.4, -0.2) is 24.8 Å². The average Bonchev–Trinajstić information content (AvgIpc) is 2.16. The zero-order chi connectivity index (χ0) is 11.4. The summed E-state index contributed by atoms with van der Waals surface area (Å²) in [6.07, 6.45) is 0.926. The quantitative estimate of drug-likeness (QED) is 0.553. The van der Waals surface area contributed by atoms with Crippen LogP contribution in [0.1, 0.15) is 18.9 Å². The van der Waals surface area contributed by atoms with Gasteiger partial charge in [-0.2, -0.15) is 0 Å². The molecule has 0 aliphatic rings. The maximum atomic E-state index is 5.89. The van der Waals surface area contributed by atoms with Gasteiger partial charge in [-0.1, -0.05) is 18.5 Å². The fraction of sp³-hybridized carbons (Fsp3) is 0.417. The minimum absolute atomic E-state index is 0.759. The number of aryl methyl sites for hydroxylation is 1. The summed E-state index contributed by atoms with van der Waals surface area (Å²) in [7, 11) is 4.02. The molecule has 0 fully saturated rings. The molecule has 15 heavy (non-hydrogen) atoms. The van der Waals surface area contributed by atoms with Gasteiger partial charge in [0.05, 0.1) is 5.69 Å². The Kier molecular flexibility index (Phi) is 4.15. The third kappa shape index (κ3) is 3.24. The van der Waals surface area contributed by atoms with Gasteiger partial charge < -0.3 is 4.90 Å². The van der Waals surface area contributed by atoms with Crippen molar-refractivity contribution in [2.45, 2.75) is 20.3 Å². The third-order valence-corrected chi connectivity index (χ3v) is 2.48. The van der Waals surface area contributed by atoms with E-state index in [2.05, 4.69) is 11.9 Å². The molecule has 82 valence electrons.